The van der Waals surface area contributed by atoms with Gasteiger partial charge in [-0.3, -0.25) is 15.5 Å². The van der Waals surface area contributed by atoms with Crippen molar-refractivity contribution in [3.05, 3.63) is 69.3 Å². The monoisotopic (exact) mass is 323 g/mol. The molecule has 0 aromatic heterocycles. The number of nitrogens with one attached hydrogen (secondary N) is 1. The van der Waals surface area contributed by atoms with Gasteiger partial charge in [-0.1, -0.05) is 12.1 Å². The summed E-state index contributed by atoms with van der Waals surface area (Å²) in [6, 6.07) is 8.99. The van der Waals surface area contributed by atoms with Crippen molar-refractivity contribution < 1.29 is 18.1 Å². The molecule has 8 heteroatoms. The normalized spacial score (nSPS) is 11.7. The fourth-order valence-corrected chi connectivity index (χ4v) is 1.82. The molecule has 2 aromatic carbocycles. The number of benzene rings is 2. The molecular formula is C15H12F3N3O2. The first kappa shape index (κ1) is 16.5. The summed E-state index contributed by atoms with van der Waals surface area (Å²) in [5.74, 6) is 0. The SMILES string of the molecule is Cc1ccc(C=NNc2ccc(C(F)(F)F)cc2)cc1[N+](=O)[O-]. The zero-order chi connectivity index (χ0) is 17.0. The molecule has 0 heterocycles. The van der Waals surface area contributed by atoms with Crippen LogP contribution < -0.4 is 5.43 Å². The molecule has 0 radical (unpaired) electrons. The van der Waals surface area contributed by atoms with E-state index in [4.69, 9.17) is 0 Å². The number of rotatable bonds is 4. The number of nitro groups is 1. The third-order valence-corrected chi connectivity index (χ3v) is 3.05. The Labute approximate surface area is 129 Å². The molecule has 0 saturated carbocycles. The topological polar surface area (TPSA) is 67.5 Å². The second-order valence-electron chi connectivity index (χ2n) is 4.75. The molecule has 0 amide bonds. The Morgan fingerprint density at radius 2 is 1.83 bits per heavy atom. The van der Waals surface area contributed by atoms with E-state index in [1.165, 1.54) is 24.4 Å². The first-order valence-corrected chi connectivity index (χ1v) is 6.49. The van der Waals surface area contributed by atoms with Crippen LogP contribution in [-0.2, 0) is 6.18 Å². The van der Waals surface area contributed by atoms with Crippen molar-refractivity contribution in [1.82, 2.24) is 0 Å². The van der Waals surface area contributed by atoms with Gasteiger partial charge in [0.2, 0.25) is 0 Å². The second kappa shape index (κ2) is 6.47. The molecular weight excluding hydrogens is 311 g/mol. The van der Waals surface area contributed by atoms with Gasteiger partial charge in [0, 0.05) is 17.2 Å². The van der Waals surface area contributed by atoms with Gasteiger partial charge in [0.1, 0.15) is 0 Å². The van der Waals surface area contributed by atoms with Gasteiger partial charge in [0.05, 0.1) is 22.4 Å². The van der Waals surface area contributed by atoms with Crippen LogP contribution >= 0.6 is 0 Å². The first-order chi connectivity index (χ1) is 10.8. The first-order valence-electron chi connectivity index (χ1n) is 6.49. The van der Waals surface area contributed by atoms with Gasteiger partial charge in [-0.15, -0.1) is 0 Å². The van der Waals surface area contributed by atoms with Crippen LogP contribution in [0, 0.1) is 17.0 Å². The Morgan fingerprint density at radius 3 is 2.39 bits per heavy atom. The number of anilines is 1. The molecule has 0 unspecified atom stereocenters. The summed E-state index contributed by atoms with van der Waals surface area (Å²) in [5.41, 5.74) is 3.20. The quantitative estimate of drug-likeness (QED) is 0.516. The van der Waals surface area contributed by atoms with Crippen LogP contribution in [-0.4, -0.2) is 11.1 Å². The largest absolute Gasteiger partial charge is 0.416 e. The fourth-order valence-electron chi connectivity index (χ4n) is 1.82. The van der Waals surface area contributed by atoms with Crippen molar-refractivity contribution in [3.63, 3.8) is 0 Å². The summed E-state index contributed by atoms with van der Waals surface area (Å²) < 4.78 is 37.3. The molecule has 0 aliphatic rings. The Balaban J connectivity index is 2.07. The van der Waals surface area contributed by atoms with Crippen LogP contribution in [0.3, 0.4) is 0 Å². The lowest BCUT2D eigenvalue weighted by Crippen LogP contribution is -2.04. The lowest BCUT2D eigenvalue weighted by Gasteiger charge is -2.07. The van der Waals surface area contributed by atoms with Crippen molar-refractivity contribution in [2.24, 2.45) is 5.10 Å². The van der Waals surface area contributed by atoms with E-state index < -0.39 is 16.7 Å². The van der Waals surface area contributed by atoms with Crippen LogP contribution in [0.15, 0.2) is 47.6 Å². The van der Waals surface area contributed by atoms with E-state index >= 15 is 0 Å². The molecule has 0 bridgehead atoms. The molecule has 2 aromatic rings. The highest BCUT2D eigenvalue weighted by atomic mass is 19.4. The number of halogens is 3. The Kier molecular flexibility index (Phi) is 4.63. The van der Waals surface area contributed by atoms with Crippen LogP contribution in [0.5, 0.6) is 0 Å². The summed E-state index contributed by atoms with van der Waals surface area (Å²) in [6.45, 7) is 1.62. The summed E-state index contributed by atoms with van der Waals surface area (Å²) in [7, 11) is 0. The summed E-state index contributed by atoms with van der Waals surface area (Å²) in [5, 5.41) is 14.7. The van der Waals surface area contributed by atoms with Gasteiger partial charge in [-0.25, -0.2) is 0 Å². The minimum Gasteiger partial charge on any atom is -0.279 e. The lowest BCUT2D eigenvalue weighted by atomic mass is 10.1. The molecule has 1 N–H and O–H groups in total. The molecule has 0 aliphatic heterocycles. The zero-order valence-corrected chi connectivity index (χ0v) is 12.0. The van der Waals surface area contributed by atoms with Crippen molar-refractivity contribution >= 4 is 17.6 Å². The summed E-state index contributed by atoms with van der Waals surface area (Å²) >= 11 is 0. The maximum Gasteiger partial charge on any atom is 0.416 e. The van der Waals surface area contributed by atoms with E-state index in [2.05, 4.69) is 10.5 Å². The van der Waals surface area contributed by atoms with Gasteiger partial charge in [-0.05, 0) is 31.2 Å². The molecule has 0 aliphatic carbocycles. The zero-order valence-electron chi connectivity index (χ0n) is 12.0. The van der Waals surface area contributed by atoms with E-state index in [1.54, 1.807) is 19.1 Å². The minimum atomic E-state index is -4.39. The Morgan fingerprint density at radius 1 is 1.17 bits per heavy atom. The fraction of sp³-hybridized carbons (Fsp3) is 0.133. The van der Waals surface area contributed by atoms with E-state index in [1.807, 2.05) is 0 Å². The molecule has 0 atom stereocenters. The highest BCUT2D eigenvalue weighted by Gasteiger charge is 2.29. The number of hydrogen-bond acceptors (Lipinski definition) is 4. The number of aryl methyl sites for hydroxylation is 1. The molecule has 5 nitrogen and oxygen atoms in total. The molecule has 0 spiro atoms. The third-order valence-electron chi connectivity index (χ3n) is 3.05. The van der Waals surface area contributed by atoms with Crippen LogP contribution in [0.25, 0.3) is 0 Å². The molecule has 2 rings (SSSR count). The number of nitrogens with zero attached hydrogens (tertiary/aromatic N) is 2. The van der Waals surface area contributed by atoms with Crippen molar-refractivity contribution in [3.8, 4) is 0 Å². The molecule has 0 fully saturated rings. The van der Waals surface area contributed by atoms with Crippen molar-refractivity contribution in [2.75, 3.05) is 5.43 Å². The molecule has 0 saturated heterocycles. The third kappa shape index (κ3) is 4.29. The number of hydrazone groups is 1. The lowest BCUT2D eigenvalue weighted by molar-refractivity contribution is -0.385. The van der Waals surface area contributed by atoms with Gasteiger partial charge in [0.25, 0.3) is 5.69 Å². The predicted octanol–water partition coefficient (Wildman–Crippen LogP) is 4.37. The maximum atomic E-state index is 12.4. The van der Waals surface area contributed by atoms with Gasteiger partial charge in [0.15, 0.2) is 0 Å². The summed E-state index contributed by atoms with van der Waals surface area (Å²) in [4.78, 5) is 10.3. The van der Waals surface area contributed by atoms with Gasteiger partial charge < -0.3 is 0 Å². The second-order valence-corrected chi connectivity index (χ2v) is 4.75. The number of hydrogen-bond donors (Lipinski definition) is 1. The Bertz CT molecular complexity index is 741. The standard InChI is InChI=1S/C15H12F3N3O2/c1-10-2-3-11(8-14(10)21(22)23)9-19-20-13-6-4-12(5-7-13)15(16,17)18/h2-9,20H,1H3. The highest BCUT2D eigenvalue weighted by Crippen LogP contribution is 2.29. The minimum absolute atomic E-state index is 0.0246. The summed E-state index contributed by atoms with van der Waals surface area (Å²) in [6.07, 6.45) is -3.03. The van der Waals surface area contributed by atoms with Crippen LogP contribution in [0.4, 0.5) is 24.5 Å². The average molecular weight is 323 g/mol. The van der Waals surface area contributed by atoms with Crippen molar-refractivity contribution in [1.29, 1.82) is 0 Å². The van der Waals surface area contributed by atoms with Crippen molar-refractivity contribution in [2.45, 2.75) is 13.1 Å². The van der Waals surface area contributed by atoms with Crippen LogP contribution in [0.2, 0.25) is 0 Å². The van der Waals surface area contributed by atoms with E-state index in [0.29, 0.717) is 16.8 Å². The molecule has 120 valence electrons. The van der Waals surface area contributed by atoms with Crippen LogP contribution in [0.1, 0.15) is 16.7 Å². The van der Waals surface area contributed by atoms with E-state index in [0.717, 1.165) is 12.1 Å². The van der Waals surface area contributed by atoms with Gasteiger partial charge >= 0.3 is 6.18 Å². The molecule has 23 heavy (non-hydrogen) atoms. The average Bonchev–Trinajstić information content (AvgIpc) is 2.48. The predicted molar refractivity (Wildman–Crippen MR) is 80.5 cm³/mol. The number of nitro benzene ring substituents is 1. The van der Waals surface area contributed by atoms with Gasteiger partial charge in [-0.2, -0.15) is 18.3 Å². The maximum absolute atomic E-state index is 12.4. The highest BCUT2D eigenvalue weighted by molar-refractivity contribution is 5.81. The Hall–Kier alpha value is -2.90. The van der Waals surface area contributed by atoms with E-state index in [-0.39, 0.29) is 5.69 Å². The smallest absolute Gasteiger partial charge is 0.279 e. The van der Waals surface area contributed by atoms with E-state index in [9.17, 15) is 23.3 Å². The number of alkyl halides is 3.